The van der Waals surface area contributed by atoms with Gasteiger partial charge in [-0.2, -0.15) is 5.10 Å². The van der Waals surface area contributed by atoms with Crippen LogP contribution in [0.2, 0.25) is 0 Å². The maximum atomic E-state index is 12.2. The van der Waals surface area contributed by atoms with Crippen LogP contribution in [-0.4, -0.2) is 50.8 Å². The monoisotopic (exact) mass is 370 g/mol. The van der Waals surface area contributed by atoms with Gasteiger partial charge in [-0.05, 0) is 30.9 Å². The second-order valence-electron chi connectivity index (χ2n) is 7.36. The number of nitrogens with one attached hydrogen (secondary N) is 1. The van der Waals surface area contributed by atoms with E-state index in [-0.39, 0.29) is 17.7 Å². The number of piperidine rings is 2. The molecule has 3 heterocycles. The van der Waals surface area contributed by atoms with Gasteiger partial charge in [-0.1, -0.05) is 12.1 Å². The highest BCUT2D eigenvalue weighted by molar-refractivity contribution is 6.02. The summed E-state index contributed by atoms with van der Waals surface area (Å²) in [4.78, 5) is 36.4. The molecule has 2 N–H and O–H groups in total. The first-order chi connectivity index (χ1) is 12.9. The highest BCUT2D eigenvalue weighted by Crippen LogP contribution is 2.33. The molecule has 2 aliphatic rings. The van der Waals surface area contributed by atoms with Gasteiger partial charge in [-0.25, -0.2) is 4.79 Å². The standard InChI is InChI=1S/C19H22N4O4/c1-22-15-9-11(12-3-2-8-23(10-12)19(26)27)4-5-13(15)17(21-22)14-6-7-16(24)20-18(14)25/h4-5,9,12,14H,2-3,6-8,10H2,1H3,(H,26,27)(H,20,24,25)/t12-,14?/m1/s1. The normalized spacial score (nSPS) is 23.5. The van der Waals surface area contributed by atoms with Gasteiger partial charge in [-0.15, -0.1) is 0 Å². The fourth-order valence-electron chi connectivity index (χ4n) is 4.19. The number of carbonyl (C=O) groups excluding carboxylic acids is 2. The number of hydrogen-bond donors (Lipinski definition) is 2. The molecule has 27 heavy (non-hydrogen) atoms. The number of aryl methyl sites for hydroxylation is 1. The summed E-state index contributed by atoms with van der Waals surface area (Å²) in [5.41, 5.74) is 2.70. The maximum absolute atomic E-state index is 12.2. The van der Waals surface area contributed by atoms with E-state index < -0.39 is 12.0 Å². The van der Waals surface area contributed by atoms with Crippen molar-refractivity contribution in [1.29, 1.82) is 0 Å². The van der Waals surface area contributed by atoms with Gasteiger partial charge >= 0.3 is 6.09 Å². The third-order valence-electron chi connectivity index (χ3n) is 5.64. The highest BCUT2D eigenvalue weighted by Gasteiger charge is 2.32. The zero-order chi connectivity index (χ0) is 19.1. The van der Waals surface area contributed by atoms with Crippen molar-refractivity contribution in [3.63, 3.8) is 0 Å². The lowest BCUT2D eigenvalue weighted by atomic mass is 9.89. The summed E-state index contributed by atoms with van der Waals surface area (Å²) >= 11 is 0. The van der Waals surface area contributed by atoms with Crippen molar-refractivity contribution in [2.45, 2.75) is 37.5 Å². The molecule has 0 saturated carbocycles. The van der Waals surface area contributed by atoms with Crippen molar-refractivity contribution in [2.24, 2.45) is 7.05 Å². The number of carbonyl (C=O) groups is 3. The van der Waals surface area contributed by atoms with Crippen LogP contribution >= 0.6 is 0 Å². The van der Waals surface area contributed by atoms with Crippen LogP contribution in [0.25, 0.3) is 10.9 Å². The van der Waals surface area contributed by atoms with E-state index in [1.54, 1.807) is 4.68 Å². The SMILES string of the molecule is Cn1nc(C2CCC(=O)NC2=O)c2ccc([C@@H]3CCCN(C(=O)O)C3)cc21. The lowest BCUT2D eigenvalue weighted by Gasteiger charge is -2.31. The summed E-state index contributed by atoms with van der Waals surface area (Å²) in [5.74, 6) is -0.790. The van der Waals surface area contributed by atoms with Crippen LogP contribution in [0.1, 0.15) is 48.8 Å². The second kappa shape index (κ2) is 6.68. The number of amides is 3. The Bertz CT molecular complexity index is 935. The van der Waals surface area contributed by atoms with E-state index in [0.29, 0.717) is 31.6 Å². The molecule has 3 amide bonds. The van der Waals surface area contributed by atoms with Crippen LogP contribution in [0.4, 0.5) is 4.79 Å². The van der Waals surface area contributed by atoms with E-state index >= 15 is 0 Å². The van der Waals surface area contributed by atoms with E-state index in [4.69, 9.17) is 0 Å². The number of fused-ring (bicyclic) bond motifs is 1. The van der Waals surface area contributed by atoms with Crippen LogP contribution < -0.4 is 5.32 Å². The molecule has 2 aliphatic heterocycles. The Morgan fingerprint density at radius 3 is 2.85 bits per heavy atom. The largest absolute Gasteiger partial charge is 0.465 e. The average molecular weight is 370 g/mol. The van der Waals surface area contributed by atoms with Crippen LogP contribution in [-0.2, 0) is 16.6 Å². The van der Waals surface area contributed by atoms with E-state index in [9.17, 15) is 19.5 Å². The van der Waals surface area contributed by atoms with Crippen molar-refractivity contribution >= 4 is 28.8 Å². The topological polar surface area (TPSA) is 105 Å². The fraction of sp³-hybridized carbons (Fsp3) is 0.474. The number of imide groups is 1. The number of rotatable bonds is 2. The molecule has 1 aromatic heterocycles. The van der Waals surface area contributed by atoms with E-state index in [1.165, 1.54) is 4.90 Å². The molecule has 2 fully saturated rings. The number of benzene rings is 1. The lowest BCUT2D eigenvalue weighted by molar-refractivity contribution is -0.134. The number of aromatic nitrogens is 2. The Morgan fingerprint density at radius 1 is 1.30 bits per heavy atom. The first kappa shape index (κ1) is 17.5. The number of hydrogen-bond acceptors (Lipinski definition) is 4. The summed E-state index contributed by atoms with van der Waals surface area (Å²) in [7, 11) is 1.84. The van der Waals surface area contributed by atoms with E-state index in [1.807, 2.05) is 25.2 Å². The van der Waals surface area contributed by atoms with Crippen LogP contribution in [0, 0.1) is 0 Å². The molecular weight excluding hydrogens is 348 g/mol. The molecule has 1 unspecified atom stereocenters. The third kappa shape index (κ3) is 3.15. The quantitative estimate of drug-likeness (QED) is 0.786. The van der Waals surface area contributed by atoms with Crippen molar-refractivity contribution in [2.75, 3.05) is 13.1 Å². The van der Waals surface area contributed by atoms with Gasteiger partial charge in [0.15, 0.2) is 0 Å². The molecule has 2 saturated heterocycles. The molecule has 4 rings (SSSR count). The number of carboxylic acid groups (broad SMARTS) is 1. The summed E-state index contributed by atoms with van der Waals surface area (Å²) in [5, 5.41) is 17.1. The van der Waals surface area contributed by atoms with Crippen molar-refractivity contribution < 1.29 is 19.5 Å². The van der Waals surface area contributed by atoms with E-state index in [0.717, 1.165) is 29.3 Å². The van der Waals surface area contributed by atoms with Gasteiger partial charge in [0.05, 0.1) is 17.1 Å². The molecule has 142 valence electrons. The smallest absolute Gasteiger partial charge is 0.407 e. The van der Waals surface area contributed by atoms with Gasteiger partial charge in [0.25, 0.3) is 0 Å². The summed E-state index contributed by atoms with van der Waals surface area (Å²) in [6.07, 6.45) is 1.71. The molecule has 0 bridgehead atoms. The molecule has 8 nitrogen and oxygen atoms in total. The Hall–Kier alpha value is -2.90. The van der Waals surface area contributed by atoms with E-state index in [2.05, 4.69) is 10.4 Å². The van der Waals surface area contributed by atoms with Crippen LogP contribution in [0.3, 0.4) is 0 Å². The van der Waals surface area contributed by atoms with Gasteiger partial charge in [0.2, 0.25) is 11.8 Å². The minimum Gasteiger partial charge on any atom is -0.465 e. The third-order valence-corrected chi connectivity index (χ3v) is 5.64. The van der Waals surface area contributed by atoms with Crippen LogP contribution in [0.5, 0.6) is 0 Å². The Balaban J connectivity index is 1.66. The Kier molecular flexibility index (Phi) is 4.33. The molecule has 8 heteroatoms. The zero-order valence-electron chi connectivity index (χ0n) is 15.1. The van der Waals surface area contributed by atoms with Gasteiger partial charge in [0, 0.05) is 37.9 Å². The summed E-state index contributed by atoms with van der Waals surface area (Å²) < 4.78 is 1.76. The first-order valence-corrected chi connectivity index (χ1v) is 9.22. The minimum atomic E-state index is -0.874. The maximum Gasteiger partial charge on any atom is 0.407 e. The van der Waals surface area contributed by atoms with Crippen molar-refractivity contribution in [3.8, 4) is 0 Å². The number of likely N-dealkylation sites (tertiary alicyclic amines) is 1. The predicted octanol–water partition coefficient (Wildman–Crippen LogP) is 1.95. The molecule has 0 aliphatic carbocycles. The van der Waals surface area contributed by atoms with Gasteiger partial charge < -0.3 is 10.0 Å². The summed E-state index contributed by atoms with van der Waals surface area (Å²) in [6, 6.07) is 6.03. The molecule has 2 atom stereocenters. The van der Waals surface area contributed by atoms with Crippen LogP contribution in [0.15, 0.2) is 18.2 Å². The zero-order valence-corrected chi connectivity index (χ0v) is 15.1. The second-order valence-corrected chi connectivity index (χ2v) is 7.36. The fourth-order valence-corrected chi connectivity index (χ4v) is 4.19. The predicted molar refractivity (Wildman–Crippen MR) is 97.4 cm³/mol. The number of nitrogens with zero attached hydrogens (tertiary/aromatic N) is 3. The Labute approximate surface area is 156 Å². The molecule has 2 aromatic rings. The summed E-state index contributed by atoms with van der Waals surface area (Å²) in [6.45, 7) is 1.08. The van der Waals surface area contributed by atoms with Gasteiger partial charge in [0.1, 0.15) is 0 Å². The average Bonchev–Trinajstić information content (AvgIpc) is 2.98. The van der Waals surface area contributed by atoms with Gasteiger partial charge in [-0.3, -0.25) is 19.6 Å². The highest BCUT2D eigenvalue weighted by atomic mass is 16.4. The minimum absolute atomic E-state index is 0.160. The Morgan fingerprint density at radius 2 is 2.11 bits per heavy atom. The van der Waals surface area contributed by atoms with Crippen molar-refractivity contribution in [1.82, 2.24) is 20.0 Å². The van der Waals surface area contributed by atoms with Crippen molar-refractivity contribution in [3.05, 3.63) is 29.5 Å². The molecule has 0 spiro atoms. The lowest BCUT2D eigenvalue weighted by Crippen LogP contribution is -2.39. The molecular formula is C19H22N4O4. The molecule has 1 aromatic carbocycles. The first-order valence-electron chi connectivity index (χ1n) is 9.22. The molecule has 0 radical (unpaired) electrons.